The minimum Gasteiger partial charge on any atom is -0.357 e. The van der Waals surface area contributed by atoms with Crippen LogP contribution in [0.15, 0.2) is 51.5 Å². The number of nitriles is 1. The lowest BCUT2D eigenvalue weighted by molar-refractivity contribution is 0.680. The Labute approximate surface area is 147 Å². The van der Waals surface area contributed by atoms with Gasteiger partial charge in [-0.3, -0.25) is 13.9 Å². The molecule has 0 amide bonds. The first kappa shape index (κ1) is 16.7. The highest BCUT2D eigenvalue weighted by Gasteiger charge is 2.22. The van der Waals surface area contributed by atoms with Gasteiger partial charge in [0.1, 0.15) is 22.9 Å². The van der Waals surface area contributed by atoms with Gasteiger partial charge in [-0.25, -0.2) is 9.78 Å². The highest BCUT2D eigenvalue weighted by atomic mass is 32.1. The van der Waals surface area contributed by atoms with Crippen molar-refractivity contribution in [2.75, 3.05) is 5.32 Å². The van der Waals surface area contributed by atoms with Gasteiger partial charge in [-0.1, -0.05) is 30.3 Å². The van der Waals surface area contributed by atoms with Crippen LogP contribution >= 0.6 is 11.3 Å². The third kappa shape index (κ3) is 2.97. The zero-order chi connectivity index (χ0) is 18.0. The highest BCUT2D eigenvalue weighted by Crippen LogP contribution is 2.28. The molecule has 0 bridgehead atoms. The molecule has 1 aromatic carbocycles. The molecule has 2 heterocycles. The van der Waals surface area contributed by atoms with Crippen molar-refractivity contribution in [1.82, 2.24) is 14.1 Å². The fraction of sp³-hybridized carbons (Fsp3) is 0.176. The highest BCUT2D eigenvalue weighted by molar-refractivity contribution is 7.09. The Morgan fingerprint density at radius 1 is 1.20 bits per heavy atom. The summed E-state index contributed by atoms with van der Waals surface area (Å²) in [6, 6.07) is 11.1. The molecule has 0 aliphatic carbocycles. The summed E-state index contributed by atoms with van der Waals surface area (Å²) in [7, 11) is 2.87. The van der Waals surface area contributed by atoms with E-state index in [1.54, 1.807) is 6.20 Å². The number of nitrogens with zero attached hydrogens (tertiary/aromatic N) is 4. The van der Waals surface area contributed by atoms with E-state index >= 15 is 0 Å². The second-order valence-corrected chi connectivity index (χ2v) is 6.33. The minimum absolute atomic E-state index is 0.109. The van der Waals surface area contributed by atoms with Crippen molar-refractivity contribution in [3.05, 3.63) is 78.9 Å². The van der Waals surface area contributed by atoms with Crippen LogP contribution in [0.3, 0.4) is 0 Å². The van der Waals surface area contributed by atoms with E-state index in [0.29, 0.717) is 0 Å². The van der Waals surface area contributed by atoms with Gasteiger partial charge in [-0.15, -0.1) is 11.3 Å². The maximum Gasteiger partial charge on any atom is 0.332 e. The summed E-state index contributed by atoms with van der Waals surface area (Å²) < 4.78 is 2.19. The first-order valence-corrected chi connectivity index (χ1v) is 8.33. The predicted molar refractivity (Wildman–Crippen MR) is 95.7 cm³/mol. The fourth-order valence-electron chi connectivity index (χ4n) is 2.56. The molecule has 2 aromatic heterocycles. The number of aromatic nitrogens is 3. The van der Waals surface area contributed by atoms with E-state index in [0.717, 1.165) is 15.1 Å². The lowest BCUT2D eigenvalue weighted by Gasteiger charge is -2.21. The van der Waals surface area contributed by atoms with E-state index in [-0.39, 0.29) is 17.4 Å². The Balaban J connectivity index is 2.18. The van der Waals surface area contributed by atoms with Crippen molar-refractivity contribution >= 4 is 17.2 Å². The van der Waals surface area contributed by atoms with Gasteiger partial charge in [0.2, 0.25) is 0 Å². The molecule has 25 heavy (non-hydrogen) atoms. The van der Waals surface area contributed by atoms with Gasteiger partial charge in [0.25, 0.3) is 5.56 Å². The second kappa shape index (κ2) is 6.75. The zero-order valence-electron chi connectivity index (χ0n) is 13.6. The van der Waals surface area contributed by atoms with Crippen LogP contribution in [-0.4, -0.2) is 14.1 Å². The molecule has 8 heteroatoms. The molecule has 1 N–H and O–H groups in total. The Kier molecular flexibility index (Phi) is 4.50. The Hall–Kier alpha value is -3.18. The van der Waals surface area contributed by atoms with E-state index in [1.807, 2.05) is 41.8 Å². The summed E-state index contributed by atoms with van der Waals surface area (Å²) in [6.07, 6.45) is 1.69. The van der Waals surface area contributed by atoms with Crippen molar-refractivity contribution in [1.29, 1.82) is 5.26 Å². The molecule has 0 saturated carbocycles. The normalized spacial score (nSPS) is 11.7. The van der Waals surface area contributed by atoms with Crippen LogP contribution in [0.4, 0.5) is 5.82 Å². The van der Waals surface area contributed by atoms with Crippen LogP contribution < -0.4 is 16.6 Å². The van der Waals surface area contributed by atoms with Crippen molar-refractivity contribution in [2.24, 2.45) is 14.1 Å². The standard InChI is InChI=1S/C17H15N5O2S/c1-21-14(12(10-18)16(23)22(2)17(21)24)20-13(15-19-8-9-25-15)11-6-4-3-5-7-11/h3-9,13,20H,1-2H3. The maximum absolute atomic E-state index is 12.3. The van der Waals surface area contributed by atoms with Crippen LogP contribution in [0.5, 0.6) is 0 Å². The van der Waals surface area contributed by atoms with Crippen molar-refractivity contribution in [2.45, 2.75) is 6.04 Å². The Morgan fingerprint density at radius 3 is 2.52 bits per heavy atom. The van der Waals surface area contributed by atoms with Crippen molar-refractivity contribution in [3.63, 3.8) is 0 Å². The summed E-state index contributed by atoms with van der Waals surface area (Å²) in [5.41, 5.74) is -0.326. The van der Waals surface area contributed by atoms with E-state index in [4.69, 9.17) is 0 Å². The summed E-state index contributed by atoms with van der Waals surface area (Å²) in [4.78, 5) is 28.9. The SMILES string of the molecule is Cn1c(NC(c2ccccc2)c2nccs2)c(C#N)c(=O)n(C)c1=O. The molecular formula is C17H15N5O2S. The topological polar surface area (TPSA) is 92.7 Å². The molecule has 0 fully saturated rings. The van der Waals surface area contributed by atoms with Gasteiger partial charge < -0.3 is 5.32 Å². The molecule has 0 spiro atoms. The van der Waals surface area contributed by atoms with Crippen LogP contribution in [-0.2, 0) is 14.1 Å². The third-order valence-corrected chi connectivity index (χ3v) is 4.73. The third-order valence-electron chi connectivity index (χ3n) is 3.89. The largest absolute Gasteiger partial charge is 0.357 e. The molecule has 0 aliphatic heterocycles. The quantitative estimate of drug-likeness (QED) is 0.769. The molecule has 0 radical (unpaired) electrons. The molecule has 3 aromatic rings. The number of hydrogen-bond donors (Lipinski definition) is 1. The van der Waals surface area contributed by atoms with Gasteiger partial charge in [-0.05, 0) is 5.56 Å². The number of hydrogen-bond acceptors (Lipinski definition) is 6. The van der Waals surface area contributed by atoms with Gasteiger partial charge in [0.05, 0.1) is 0 Å². The van der Waals surface area contributed by atoms with Gasteiger partial charge in [-0.2, -0.15) is 5.26 Å². The molecular weight excluding hydrogens is 338 g/mol. The van der Waals surface area contributed by atoms with Crippen molar-refractivity contribution in [3.8, 4) is 6.07 Å². The smallest absolute Gasteiger partial charge is 0.332 e. The molecule has 0 aliphatic rings. The first-order valence-electron chi connectivity index (χ1n) is 7.45. The average Bonchev–Trinajstić information content (AvgIpc) is 3.17. The van der Waals surface area contributed by atoms with E-state index in [1.165, 1.54) is 30.0 Å². The first-order chi connectivity index (χ1) is 12.0. The van der Waals surface area contributed by atoms with Crippen LogP contribution in [0.1, 0.15) is 22.2 Å². The molecule has 0 saturated heterocycles. The van der Waals surface area contributed by atoms with Crippen LogP contribution in [0.2, 0.25) is 0 Å². The summed E-state index contributed by atoms with van der Waals surface area (Å²) >= 11 is 1.45. The number of thiazole rings is 1. The monoisotopic (exact) mass is 353 g/mol. The summed E-state index contributed by atoms with van der Waals surface area (Å²) in [6.45, 7) is 0. The minimum atomic E-state index is -0.626. The Bertz CT molecular complexity index is 1050. The van der Waals surface area contributed by atoms with Crippen LogP contribution in [0.25, 0.3) is 0 Å². The lowest BCUT2D eigenvalue weighted by atomic mass is 10.1. The lowest BCUT2D eigenvalue weighted by Crippen LogP contribution is -2.40. The van der Waals surface area contributed by atoms with E-state index < -0.39 is 11.2 Å². The number of anilines is 1. The van der Waals surface area contributed by atoms with Crippen LogP contribution in [0, 0.1) is 11.3 Å². The van der Waals surface area contributed by atoms with E-state index in [9.17, 15) is 14.9 Å². The zero-order valence-corrected chi connectivity index (χ0v) is 14.4. The Morgan fingerprint density at radius 2 is 1.92 bits per heavy atom. The predicted octanol–water partition coefficient (Wildman–Crippen LogP) is 1.61. The maximum atomic E-state index is 12.3. The average molecular weight is 353 g/mol. The van der Waals surface area contributed by atoms with Gasteiger partial charge in [0, 0.05) is 25.7 Å². The van der Waals surface area contributed by atoms with E-state index in [2.05, 4.69) is 10.3 Å². The van der Waals surface area contributed by atoms with Gasteiger partial charge in [0.15, 0.2) is 5.56 Å². The number of nitrogens with one attached hydrogen (secondary N) is 1. The molecule has 3 rings (SSSR count). The van der Waals surface area contributed by atoms with Crippen molar-refractivity contribution < 1.29 is 0 Å². The summed E-state index contributed by atoms with van der Waals surface area (Å²) in [5, 5.41) is 15.2. The molecule has 126 valence electrons. The van der Waals surface area contributed by atoms with Gasteiger partial charge >= 0.3 is 5.69 Å². The second-order valence-electron chi connectivity index (χ2n) is 5.40. The molecule has 7 nitrogen and oxygen atoms in total. The molecule has 1 atom stereocenters. The number of rotatable bonds is 4. The fourth-order valence-corrected chi connectivity index (χ4v) is 3.27. The molecule has 1 unspecified atom stereocenters. The number of benzene rings is 1. The summed E-state index contributed by atoms with van der Waals surface area (Å²) in [5.74, 6) is 0.180.